The zero-order chi connectivity index (χ0) is 9.84. The Morgan fingerprint density at radius 2 is 2.00 bits per heavy atom. The summed E-state index contributed by atoms with van der Waals surface area (Å²) in [5, 5.41) is 0. The fraction of sp³-hybridized carbons (Fsp3) is 0.231. The quantitative estimate of drug-likeness (QED) is 0.594. The Kier molecular flexibility index (Phi) is 3.07. The zero-order valence-corrected chi connectivity index (χ0v) is 8.59. The Bertz CT molecular complexity index is 343. The topological polar surface area (TPSA) is 0 Å². The highest BCUT2D eigenvalue weighted by atomic mass is 14.0. The lowest BCUT2D eigenvalue weighted by atomic mass is 9.98. The number of hydrogen-bond donors (Lipinski definition) is 0. The molecule has 1 aromatic rings. The third-order valence-corrected chi connectivity index (χ3v) is 2.23. The fourth-order valence-electron chi connectivity index (χ4n) is 1.43. The molecule has 0 atom stereocenters. The average molecular weight is 172 g/mol. The largest absolute Gasteiger partial charge is 0.0985 e. The van der Waals surface area contributed by atoms with Gasteiger partial charge in [0.2, 0.25) is 0 Å². The number of hydrogen-bond acceptors (Lipinski definition) is 0. The van der Waals surface area contributed by atoms with Crippen LogP contribution in [0, 0.1) is 13.8 Å². The summed E-state index contributed by atoms with van der Waals surface area (Å²) in [5.74, 6) is 0. The number of allylic oxidation sites excluding steroid dienone is 3. The average Bonchev–Trinajstić information content (AvgIpc) is 2.13. The molecule has 0 nitrogen and oxygen atoms in total. The first-order valence-corrected chi connectivity index (χ1v) is 4.55. The molecule has 0 heterocycles. The highest BCUT2D eigenvalue weighted by Crippen LogP contribution is 2.20. The van der Waals surface area contributed by atoms with E-state index in [0.717, 1.165) is 0 Å². The van der Waals surface area contributed by atoms with Crippen LogP contribution in [0.25, 0.3) is 5.57 Å². The third-order valence-electron chi connectivity index (χ3n) is 2.23. The smallest absolute Gasteiger partial charge is 0.0156 e. The van der Waals surface area contributed by atoms with Crippen molar-refractivity contribution in [2.75, 3.05) is 0 Å². The molecule has 0 radical (unpaired) electrons. The van der Waals surface area contributed by atoms with Crippen LogP contribution in [-0.2, 0) is 0 Å². The molecule has 0 saturated heterocycles. The maximum atomic E-state index is 3.81. The molecule has 0 heteroatoms. The Morgan fingerprint density at radius 3 is 2.54 bits per heavy atom. The van der Waals surface area contributed by atoms with Crippen molar-refractivity contribution in [1.82, 2.24) is 0 Å². The Labute approximate surface area is 80.6 Å². The molecule has 0 saturated carbocycles. The zero-order valence-electron chi connectivity index (χ0n) is 8.59. The minimum absolute atomic E-state index is 1.21. The van der Waals surface area contributed by atoms with Gasteiger partial charge in [0.1, 0.15) is 0 Å². The maximum absolute atomic E-state index is 3.81. The van der Waals surface area contributed by atoms with Crippen LogP contribution in [0.5, 0.6) is 0 Å². The summed E-state index contributed by atoms with van der Waals surface area (Å²) in [5.41, 5.74) is 5.10. The van der Waals surface area contributed by atoms with E-state index < -0.39 is 0 Å². The van der Waals surface area contributed by atoms with Crippen molar-refractivity contribution in [3.8, 4) is 0 Å². The molecular formula is C13H16. The third kappa shape index (κ3) is 2.09. The second-order valence-electron chi connectivity index (χ2n) is 3.27. The van der Waals surface area contributed by atoms with E-state index >= 15 is 0 Å². The predicted octanol–water partition coefficient (Wildman–Crippen LogP) is 3.89. The summed E-state index contributed by atoms with van der Waals surface area (Å²) in [6.07, 6.45) is 4.00. The first-order valence-electron chi connectivity index (χ1n) is 4.55. The minimum Gasteiger partial charge on any atom is -0.0985 e. The van der Waals surface area contributed by atoms with Crippen LogP contribution < -0.4 is 0 Å². The molecular weight excluding hydrogens is 156 g/mol. The molecule has 0 bridgehead atoms. The molecule has 1 aromatic carbocycles. The van der Waals surface area contributed by atoms with Gasteiger partial charge in [0.25, 0.3) is 0 Å². The van der Waals surface area contributed by atoms with Gasteiger partial charge in [0.15, 0.2) is 0 Å². The maximum Gasteiger partial charge on any atom is -0.0156 e. The van der Waals surface area contributed by atoms with Crippen LogP contribution in [0.2, 0.25) is 0 Å². The van der Waals surface area contributed by atoms with Gasteiger partial charge in [-0.3, -0.25) is 0 Å². The van der Waals surface area contributed by atoms with E-state index in [0.29, 0.717) is 0 Å². The van der Waals surface area contributed by atoms with E-state index in [4.69, 9.17) is 0 Å². The van der Waals surface area contributed by atoms with E-state index in [1.807, 2.05) is 13.0 Å². The van der Waals surface area contributed by atoms with Gasteiger partial charge in [-0.15, -0.1) is 0 Å². The highest BCUT2D eigenvalue weighted by molar-refractivity contribution is 5.75. The normalized spacial score (nSPS) is 11.5. The molecule has 0 aliphatic rings. The van der Waals surface area contributed by atoms with E-state index in [9.17, 15) is 0 Å². The lowest BCUT2D eigenvalue weighted by molar-refractivity contribution is 1.36. The monoisotopic (exact) mass is 172 g/mol. The minimum atomic E-state index is 1.21. The molecule has 0 spiro atoms. The summed E-state index contributed by atoms with van der Waals surface area (Å²) in [4.78, 5) is 0. The van der Waals surface area contributed by atoms with Crippen LogP contribution in [0.15, 0.2) is 36.9 Å². The van der Waals surface area contributed by atoms with E-state index in [1.165, 1.54) is 22.3 Å². The first kappa shape index (κ1) is 9.79. The molecule has 0 fully saturated rings. The molecule has 0 aliphatic carbocycles. The van der Waals surface area contributed by atoms with Crippen LogP contribution >= 0.6 is 0 Å². The summed E-state index contributed by atoms with van der Waals surface area (Å²) in [6.45, 7) is 10.1. The summed E-state index contributed by atoms with van der Waals surface area (Å²) in [7, 11) is 0. The highest BCUT2D eigenvalue weighted by Gasteiger charge is 2.00. The first-order chi connectivity index (χ1) is 6.19. The molecule has 0 unspecified atom stereocenters. The summed E-state index contributed by atoms with van der Waals surface area (Å²) < 4.78 is 0. The molecule has 68 valence electrons. The Balaban J connectivity index is 3.27. The van der Waals surface area contributed by atoms with Crippen molar-refractivity contribution in [2.24, 2.45) is 0 Å². The summed E-state index contributed by atoms with van der Waals surface area (Å²) >= 11 is 0. The van der Waals surface area contributed by atoms with Crippen molar-refractivity contribution in [3.05, 3.63) is 53.6 Å². The number of rotatable bonds is 2. The van der Waals surface area contributed by atoms with Crippen LogP contribution in [0.4, 0.5) is 0 Å². The van der Waals surface area contributed by atoms with Gasteiger partial charge in [-0.05, 0) is 37.5 Å². The van der Waals surface area contributed by atoms with Crippen LogP contribution in [-0.4, -0.2) is 0 Å². The van der Waals surface area contributed by atoms with Crippen LogP contribution in [0.1, 0.15) is 23.6 Å². The second kappa shape index (κ2) is 4.08. The predicted molar refractivity (Wildman–Crippen MR) is 59.8 cm³/mol. The van der Waals surface area contributed by atoms with Crippen molar-refractivity contribution < 1.29 is 0 Å². The van der Waals surface area contributed by atoms with Crippen molar-refractivity contribution in [2.45, 2.75) is 20.8 Å². The summed E-state index contributed by atoms with van der Waals surface area (Å²) in [6, 6.07) is 6.49. The van der Waals surface area contributed by atoms with Gasteiger partial charge in [0, 0.05) is 0 Å². The van der Waals surface area contributed by atoms with E-state index in [1.54, 1.807) is 0 Å². The Hall–Kier alpha value is -1.30. The lowest BCUT2D eigenvalue weighted by Crippen LogP contribution is -1.87. The number of benzene rings is 1. The van der Waals surface area contributed by atoms with Gasteiger partial charge in [-0.1, -0.05) is 42.5 Å². The van der Waals surface area contributed by atoms with Gasteiger partial charge >= 0.3 is 0 Å². The van der Waals surface area contributed by atoms with E-state index in [2.05, 4.69) is 44.7 Å². The number of aryl methyl sites for hydroxylation is 2. The second-order valence-corrected chi connectivity index (χ2v) is 3.27. The van der Waals surface area contributed by atoms with Crippen molar-refractivity contribution in [1.29, 1.82) is 0 Å². The SMILES string of the molecule is C=C/C(=C\C)c1cc(C)ccc1C. The lowest BCUT2D eigenvalue weighted by Gasteiger charge is -2.07. The molecule has 0 amide bonds. The van der Waals surface area contributed by atoms with Gasteiger partial charge in [-0.25, -0.2) is 0 Å². The molecule has 13 heavy (non-hydrogen) atoms. The molecule has 1 rings (SSSR count). The fourth-order valence-corrected chi connectivity index (χ4v) is 1.43. The standard InChI is InChI=1S/C13H16/c1-5-12(6-2)13-9-10(3)7-8-11(13)4/h5-9H,1H2,2-4H3/b12-6+. The van der Waals surface area contributed by atoms with E-state index in [-0.39, 0.29) is 0 Å². The molecule has 0 aliphatic heterocycles. The van der Waals surface area contributed by atoms with Gasteiger partial charge < -0.3 is 0 Å². The van der Waals surface area contributed by atoms with Crippen LogP contribution in [0.3, 0.4) is 0 Å². The Morgan fingerprint density at radius 1 is 1.31 bits per heavy atom. The molecule has 0 N–H and O–H groups in total. The van der Waals surface area contributed by atoms with Gasteiger partial charge in [0.05, 0.1) is 0 Å². The van der Waals surface area contributed by atoms with Crippen molar-refractivity contribution >= 4 is 5.57 Å². The van der Waals surface area contributed by atoms with Crippen molar-refractivity contribution in [3.63, 3.8) is 0 Å². The van der Waals surface area contributed by atoms with Gasteiger partial charge in [-0.2, -0.15) is 0 Å². The molecule has 0 aromatic heterocycles.